The molecule has 2 aromatic rings. The third-order valence-corrected chi connectivity index (χ3v) is 5.57. The van der Waals surface area contributed by atoms with Crippen LogP contribution < -0.4 is 10.6 Å². The molecule has 0 bridgehead atoms. The summed E-state index contributed by atoms with van der Waals surface area (Å²) < 4.78 is 0. The molecular weight excluding hydrogens is 404 g/mol. The Hall–Kier alpha value is -3.35. The summed E-state index contributed by atoms with van der Waals surface area (Å²) in [5.41, 5.74) is 3.17. The molecule has 1 heterocycles. The molecule has 0 radical (unpaired) electrons. The van der Waals surface area contributed by atoms with Gasteiger partial charge in [-0.1, -0.05) is 12.1 Å². The lowest BCUT2D eigenvalue weighted by Crippen LogP contribution is -2.35. The average Bonchev–Trinajstić information content (AvgIpc) is 2.82. The number of rotatable bonds is 8. The summed E-state index contributed by atoms with van der Waals surface area (Å²) in [6.45, 7) is 1.75. The predicted octanol–water partition coefficient (Wildman–Crippen LogP) is 3.38. The first-order valence-electron chi connectivity index (χ1n) is 11.1. The smallest absolute Gasteiger partial charge is 0.253 e. The zero-order valence-corrected chi connectivity index (χ0v) is 18.9. The Morgan fingerprint density at radius 1 is 0.938 bits per heavy atom. The molecule has 0 atom stereocenters. The zero-order valence-electron chi connectivity index (χ0n) is 18.9. The van der Waals surface area contributed by atoms with Crippen molar-refractivity contribution in [1.29, 1.82) is 0 Å². The number of benzene rings is 2. The normalized spacial score (nSPS) is 13.4. The highest BCUT2D eigenvalue weighted by Crippen LogP contribution is 2.16. The second-order valence-electron chi connectivity index (χ2n) is 8.32. The van der Waals surface area contributed by atoms with Gasteiger partial charge in [-0.15, -0.1) is 0 Å². The lowest BCUT2D eigenvalue weighted by atomic mass is 10.1. The minimum absolute atomic E-state index is 0.0522. The zero-order chi connectivity index (χ0) is 22.9. The molecular formula is C25H32N4O3. The topological polar surface area (TPSA) is 81.8 Å². The van der Waals surface area contributed by atoms with Crippen LogP contribution in [0.25, 0.3) is 0 Å². The Bertz CT molecular complexity index is 934. The summed E-state index contributed by atoms with van der Waals surface area (Å²) >= 11 is 0. The van der Waals surface area contributed by atoms with Crippen molar-refractivity contribution in [3.05, 3.63) is 59.7 Å². The minimum Gasteiger partial charge on any atom is -0.376 e. The van der Waals surface area contributed by atoms with E-state index < -0.39 is 0 Å². The summed E-state index contributed by atoms with van der Waals surface area (Å²) in [6.07, 6.45) is 4.41. The van der Waals surface area contributed by atoms with Crippen LogP contribution in [0.5, 0.6) is 0 Å². The summed E-state index contributed by atoms with van der Waals surface area (Å²) in [5, 5.41) is 5.97. The van der Waals surface area contributed by atoms with E-state index in [0.717, 1.165) is 37.2 Å². The molecule has 2 aromatic carbocycles. The van der Waals surface area contributed by atoms with Crippen LogP contribution in [-0.2, 0) is 16.0 Å². The summed E-state index contributed by atoms with van der Waals surface area (Å²) in [7, 11) is 3.50. The SMILES string of the molecule is CN(C)C(=O)CCc1cccc(NCC(=O)Nc2ccc(C(=O)N3CCCCC3)cc2)c1. The predicted molar refractivity (Wildman–Crippen MR) is 127 cm³/mol. The number of likely N-dealkylation sites (tertiary alicyclic amines) is 1. The van der Waals surface area contributed by atoms with Crippen molar-refractivity contribution in [3.8, 4) is 0 Å². The monoisotopic (exact) mass is 436 g/mol. The van der Waals surface area contributed by atoms with Gasteiger partial charge in [0.2, 0.25) is 11.8 Å². The molecule has 0 spiro atoms. The molecule has 1 aliphatic rings. The van der Waals surface area contributed by atoms with E-state index in [2.05, 4.69) is 10.6 Å². The molecule has 0 unspecified atom stereocenters. The first-order valence-corrected chi connectivity index (χ1v) is 11.1. The van der Waals surface area contributed by atoms with Crippen molar-refractivity contribution >= 4 is 29.1 Å². The van der Waals surface area contributed by atoms with E-state index in [1.165, 1.54) is 6.42 Å². The maximum Gasteiger partial charge on any atom is 0.253 e. The van der Waals surface area contributed by atoms with Crippen molar-refractivity contribution < 1.29 is 14.4 Å². The fourth-order valence-corrected chi connectivity index (χ4v) is 3.67. The van der Waals surface area contributed by atoms with E-state index in [0.29, 0.717) is 24.1 Å². The van der Waals surface area contributed by atoms with Gasteiger partial charge >= 0.3 is 0 Å². The Balaban J connectivity index is 1.47. The minimum atomic E-state index is -0.173. The Morgan fingerprint density at radius 3 is 2.34 bits per heavy atom. The molecule has 2 N–H and O–H groups in total. The number of piperidine rings is 1. The van der Waals surface area contributed by atoms with E-state index in [-0.39, 0.29) is 24.3 Å². The second kappa shape index (κ2) is 11.3. The molecule has 0 saturated carbocycles. The van der Waals surface area contributed by atoms with Gasteiger partial charge in [0.25, 0.3) is 5.91 Å². The van der Waals surface area contributed by atoms with Gasteiger partial charge in [-0.05, 0) is 67.6 Å². The highest BCUT2D eigenvalue weighted by Gasteiger charge is 2.18. The van der Waals surface area contributed by atoms with Crippen LogP contribution in [0.2, 0.25) is 0 Å². The summed E-state index contributed by atoms with van der Waals surface area (Å²) in [6, 6.07) is 14.8. The van der Waals surface area contributed by atoms with Crippen LogP contribution in [0.3, 0.4) is 0 Å². The molecule has 32 heavy (non-hydrogen) atoms. The molecule has 3 rings (SSSR count). The summed E-state index contributed by atoms with van der Waals surface area (Å²) in [4.78, 5) is 40.1. The molecule has 0 aliphatic carbocycles. The van der Waals surface area contributed by atoms with E-state index in [1.54, 1.807) is 43.3 Å². The van der Waals surface area contributed by atoms with Crippen LogP contribution in [-0.4, -0.2) is 61.3 Å². The molecule has 7 heteroatoms. The number of hydrogen-bond acceptors (Lipinski definition) is 4. The van der Waals surface area contributed by atoms with Crippen molar-refractivity contribution in [2.45, 2.75) is 32.1 Å². The van der Waals surface area contributed by atoms with Crippen molar-refractivity contribution in [2.75, 3.05) is 44.4 Å². The van der Waals surface area contributed by atoms with Gasteiger partial charge < -0.3 is 20.4 Å². The molecule has 1 saturated heterocycles. The fraction of sp³-hybridized carbons (Fsp3) is 0.400. The van der Waals surface area contributed by atoms with E-state index >= 15 is 0 Å². The molecule has 1 fully saturated rings. The lowest BCUT2D eigenvalue weighted by Gasteiger charge is -2.26. The van der Waals surface area contributed by atoms with Gasteiger partial charge in [0, 0.05) is 50.5 Å². The molecule has 1 aliphatic heterocycles. The number of carbonyl (C=O) groups excluding carboxylic acids is 3. The van der Waals surface area contributed by atoms with Gasteiger partial charge in [0.15, 0.2) is 0 Å². The lowest BCUT2D eigenvalue weighted by molar-refractivity contribution is -0.128. The van der Waals surface area contributed by atoms with Gasteiger partial charge in [-0.2, -0.15) is 0 Å². The van der Waals surface area contributed by atoms with Crippen LogP contribution in [0.1, 0.15) is 41.6 Å². The molecule has 3 amide bonds. The number of aryl methyl sites for hydroxylation is 1. The van der Waals surface area contributed by atoms with Crippen molar-refractivity contribution in [3.63, 3.8) is 0 Å². The number of nitrogens with zero attached hydrogens (tertiary/aromatic N) is 2. The number of carbonyl (C=O) groups is 3. The van der Waals surface area contributed by atoms with E-state index in [9.17, 15) is 14.4 Å². The number of amides is 3. The van der Waals surface area contributed by atoms with Crippen LogP contribution in [0, 0.1) is 0 Å². The maximum absolute atomic E-state index is 12.5. The van der Waals surface area contributed by atoms with Gasteiger partial charge in [0.05, 0.1) is 6.54 Å². The first-order chi connectivity index (χ1) is 15.4. The number of hydrogen-bond donors (Lipinski definition) is 2. The van der Waals surface area contributed by atoms with Gasteiger partial charge in [0.1, 0.15) is 0 Å². The highest BCUT2D eigenvalue weighted by atomic mass is 16.2. The Labute approximate surface area is 189 Å². The third kappa shape index (κ3) is 6.83. The van der Waals surface area contributed by atoms with Gasteiger partial charge in [-0.25, -0.2) is 0 Å². The first kappa shape index (κ1) is 23.3. The highest BCUT2D eigenvalue weighted by molar-refractivity contribution is 5.96. The van der Waals surface area contributed by atoms with Gasteiger partial charge in [-0.3, -0.25) is 14.4 Å². The molecule has 7 nitrogen and oxygen atoms in total. The van der Waals surface area contributed by atoms with E-state index in [1.807, 2.05) is 29.2 Å². The van der Waals surface area contributed by atoms with E-state index in [4.69, 9.17) is 0 Å². The average molecular weight is 437 g/mol. The summed E-state index contributed by atoms with van der Waals surface area (Å²) in [5.74, 6) is -0.0314. The van der Waals surface area contributed by atoms with Crippen LogP contribution in [0.4, 0.5) is 11.4 Å². The van der Waals surface area contributed by atoms with Crippen molar-refractivity contribution in [2.24, 2.45) is 0 Å². The molecule has 0 aromatic heterocycles. The Morgan fingerprint density at radius 2 is 1.66 bits per heavy atom. The quantitative estimate of drug-likeness (QED) is 0.665. The Kier molecular flexibility index (Phi) is 8.25. The van der Waals surface area contributed by atoms with Crippen LogP contribution in [0.15, 0.2) is 48.5 Å². The maximum atomic E-state index is 12.5. The number of anilines is 2. The largest absolute Gasteiger partial charge is 0.376 e. The fourth-order valence-electron chi connectivity index (χ4n) is 3.67. The second-order valence-corrected chi connectivity index (χ2v) is 8.32. The third-order valence-electron chi connectivity index (χ3n) is 5.57. The number of nitrogens with one attached hydrogen (secondary N) is 2. The van der Waals surface area contributed by atoms with Crippen LogP contribution >= 0.6 is 0 Å². The standard InChI is InChI=1S/C25H32N4O3/c1-28(2)24(31)14-9-19-7-6-8-22(17-19)26-18-23(30)27-21-12-10-20(11-13-21)25(32)29-15-4-3-5-16-29/h6-8,10-13,17,26H,3-5,9,14-16,18H2,1-2H3,(H,27,30). The van der Waals surface area contributed by atoms with Crippen molar-refractivity contribution in [1.82, 2.24) is 9.80 Å². The molecule has 170 valence electrons.